The number of hydrogen-bond acceptors (Lipinski definition) is 2. The standard InChI is InChI=1S/C20H33NO/c1-6-10-21-11-8-7-9-15(2)18-13-19-17(12-16(18)3)14-20(4,5)22-19/h12-13,15,21H,6-11,14H2,1-5H3. The van der Waals surface area contributed by atoms with Gasteiger partial charge in [0.2, 0.25) is 0 Å². The summed E-state index contributed by atoms with van der Waals surface area (Å²) in [5.74, 6) is 1.73. The highest BCUT2D eigenvalue weighted by Gasteiger charge is 2.30. The number of fused-ring (bicyclic) bond motifs is 1. The van der Waals surface area contributed by atoms with E-state index in [9.17, 15) is 0 Å². The van der Waals surface area contributed by atoms with Crippen molar-refractivity contribution < 1.29 is 4.74 Å². The summed E-state index contributed by atoms with van der Waals surface area (Å²) in [6, 6.07) is 4.65. The summed E-state index contributed by atoms with van der Waals surface area (Å²) in [4.78, 5) is 0. The molecule has 0 radical (unpaired) electrons. The van der Waals surface area contributed by atoms with Crippen LogP contribution in [0.3, 0.4) is 0 Å². The second kappa shape index (κ2) is 7.50. The molecule has 0 saturated carbocycles. The van der Waals surface area contributed by atoms with Crippen LogP contribution in [0.2, 0.25) is 0 Å². The van der Waals surface area contributed by atoms with E-state index in [1.54, 1.807) is 0 Å². The van der Waals surface area contributed by atoms with Gasteiger partial charge in [-0.25, -0.2) is 0 Å². The van der Waals surface area contributed by atoms with Crippen LogP contribution in [0.15, 0.2) is 12.1 Å². The average molecular weight is 303 g/mol. The third kappa shape index (κ3) is 4.49. The fourth-order valence-electron chi connectivity index (χ4n) is 3.48. The summed E-state index contributed by atoms with van der Waals surface area (Å²) < 4.78 is 6.10. The van der Waals surface area contributed by atoms with Crippen LogP contribution in [-0.4, -0.2) is 18.7 Å². The molecule has 0 aliphatic carbocycles. The molecule has 0 aromatic heterocycles. The molecule has 2 heteroatoms. The minimum atomic E-state index is -0.0401. The zero-order valence-corrected chi connectivity index (χ0v) is 15.1. The van der Waals surface area contributed by atoms with Crippen molar-refractivity contribution in [3.8, 4) is 5.75 Å². The quantitative estimate of drug-likeness (QED) is 0.684. The number of hydrogen-bond donors (Lipinski definition) is 1. The van der Waals surface area contributed by atoms with Crippen molar-refractivity contribution in [1.29, 1.82) is 0 Å². The molecular weight excluding hydrogens is 270 g/mol. The second-order valence-corrected chi connectivity index (χ2v) is 7.50. The van der Waals surface area contributed by atoms with Gasteiger partial charge in [-0.2, -0.15) is 0 Å². The number of ether oxygens (including phenoxy) is 1. The van der Waals surface area contributed by atoms with E-state index in [4.69, 9.17) is 4.74 Å². The van der Waals surface area contributed by atoms with Crippen molar-refractivity contribution in [2.45, 2.75) is 78.2 Å². The largest absolute Gasteiger partial charge is 0.487 e. The number of unbranched alkanes of at least 4 members (excludes halogenated alkanes) is 1. The molecule has 2 rings (SSSR count). The molecule has 0 spiro atoms. The lowest BCUT2D eigenvalue weighted by Crippen LogP contribution is -2.24. The van der Waals surface area contributed by atoms with Gasteiger partial charge in [0, 0.05) is 6.42 Å². The van der Waals surface area contributed by atoms with Gasteiger partial charge >= 0.3 is 0 Å². The highest BCUT2D eigenvalue weighted by molar-refractivity contribution is 5.47. The first-order valence-corrected chi connectivity index (χ1v) is 8.96. The van der Waals surface area contributed by atoms with Crippen molar-refractivity contribution in [3.63, 3.8) is 0 Å². The van der Waals surface area contributed by atoms with Gasteiger partial charge in [-0.05, 0) is 81.8 Å². The van der Waals surface area contributed by atoms with Crippen LogP contribution < -0.4 is 10.1 Å². The normalized spacial score (nSPS) is 17.1. The Balaban J connectivity index is 1.90. The highest BCUT2D eigenvalue weighted by atomic mass is 16.5. The average Bonchev–Trinajstić information content (AvgIpc) is 2.74. The first-order chi connectivity index (χ1) is 10.4. The zero-order valence-electron chi connectivity index (χ0n) is 15.1. The van der Waals surface area contributed by atoms with E-state index in [1.807, 2.05) is 0 Å². The number of rotatable bonds is 8. The van der Waals surface area contributed by atoms with Crippen LogP contribution in [0.5, 0.6) is 5.75 Å². The predicted molar refractivity (Wildman–Crippen MR) is 95.0 cm³/mol. The Morgan fingerprint density at radius 3 is 2.73 bits per heavy atom. The molecule has 1 heterocycles. The Hall–Kier alpha value is -1.02. The zero-order chi connectivity index (χ0) is 16.2. The molecule has 1 atom stereocenters. The molecule has 124 valence electrons. The summed E-state index contributed by atoms with van der Waals surface area (Å²) in [7, 11) is 0. The third-order valence-corrected chi connectivity index (χ3v) is 4.65. The topological polar surface area (TPSA) is 21.3 Å². The minimum Gasteiger partial charge on any atom is -0.487 e. The van der Waals surface area contributed by atoms with Gasteiger partial charge < -0.3 is 10.1 Å². The smallest absolute Gasteiger partial charge is 0.123 e. The Labute approximate surface area is 136 Å². The van der Waals surface area contributed by atoms with Crippen molar-refractivity contribution in [2.24, 2.45) is 0 Å². The number of nitrogens with one attached hydrogen (secondary N) is 1. The minimum absolute atomic E-state index is 0.0401. The molecule has 0 saturated heterocycles. The molecular formula is C20H33NO. The maximum absolute atomic E-state index is 6.10. The SMILES string of the molecule is CCCNCCCCC(C)c1cc2c(cc1C)CC(C)(C)O2. The van der Waals surface area contributed by atoms with Crippen molar-refractivity contribution in [3.05, 3.63) is 28.8 Å². The van der Waals surface area contributed by atoms with Crippen LogP contribution in [-0.2, 0) is 6.42 Å². The van der Waals surface area contributed by atoms with E-state index in [0.29, 0.717) is 5.92 Å². The van der Waals surface area contributed by atoms with E-state index >= 15 is 0 Å². The maximum atomic E-state index is 6.10. The number of benzene rings is 1. The Morgan fingerprint density at radius 1 is 1.23 bits per heavy atom. The van der Waals surface area contributed by atoms with Gasteiger partial charge in [-0.3, -0.25) is 0 Å². The van der Waals surface area contributed by atoms with Crippen molar-refractivity contribution in [1.82, 2.24) is 5.32 Å². The van der Waals surface area contributed by atoms with Gasteiger partial charge in [0.1, 0.15) is 11.4 Å². The van der Waals surface area contributed by atoms with Gasteiger partial charge in [0.15, 0.2) is 0 Å². The van der Waals surface area contributed by atoms with Gasteiger partial charge in [-0.15, -0.1) is 0 Å². The molecule has 0 amide bonds. The summed E-state index contributed by atoms with van der Waals surface area (Å²) in [5, 5.41) is 3.48. The summed E-state index contributed by atoms with van der Waals surface area (Å²) in [6.45, 7) is 13.5. The summed E-state index contributed by atoms with van der Waals surface area (Å²) in [5.41, 5.74) is 4.23. The molecule has 0 bridgehead atoms. The molecule has 1 N–H and O–H groups in total. The van der Waals surface area contributed by atoms with Crippen LogP contribution in [0.1, 0.15) is 76.0 Å². The molecule has 1 unspecified atom stereocenters. The van der Waals surface area contributed by atoms with E-state index in [1.165, 1.54) is 42.4 Å². The van der Waals surface area contributed by atoms with Crippen LogP contribution >= 0.6 is 0 Å². The molecule has 2 nitrogen and oxygen atoms in total. The Kier molecular flexibility index (Phi) is 5.91. The van der Waals surface area contributed by atoms with Gasteiger partial charge in [-0.1, -0.05) is 26.3 Å². The van der Waals surface area contributed by atoms with E-state index < -0.39 is 0 Å². The molecule has 22 heavy (non-hydrogen) atoms. The lowest BCUT2D eigenvalue weighted by molar-refractivity contribution is 0.138. The number of aryl methyl sites for hydroxylation is 1. The molecule has 1 aromatic rings. The Morgan fingerprint density at radius 2 is 2.00 bits per heavy atom. The van der Waals surface area contributed by atoms with Gasteiger partial charge in [0.05, 0.1) is 0 Å². The van der Waals surface area contributed by atoms with Crippen molar-refractivity contribution in [2.75, 3.05) is 13.1 Å². The third-order valence-electron chi connectivity index (χ3n) is 4.65. The summed E-state index contributed by atoms with van der Waals surface area (Å²) >= 11 is 0. The van der Waals surface area contributed by atoms with Gasteiger partial charge in [0.25, 0.3) is 0 Å². The molecule has 1 aliphatic rings. The molecule has 1 aliphatic heterocycles. The van der Waals surface area contributed by atoms with E-state index in [-0.39, 0.29) is 5.60 Å². The first-order valence-electron chi connectivity index (χ1n) is 8.96. The highest BCUT2D eigenvalue weighted by Crippen LogP contribution is 2.39. The molecule has 0 fully saturated rings. The predicted octanol–water partition coefficient (Wildman–Crippen LogP) is 4.98. The fourth-order valence-corrected chi connectivity index (χ4v) is 3.48. The van der Waals surface area contributed by atoms with E-state index in [2.05, 4.69) is 52.1 Å². The summed E-state index contributed by atoms with van der Waals surface area (Å²) in [6.07, 6.45) is 6.08. The van der Waals surface area contributed by atoms with Crippen LogP contribution in [0, 0.1) is 6.92 Å². The van der Waals surface area contributed by atoms with E-state index in [0.717, 1.165) is 25.3 Å². The molecule has 1 aromatic carbocycles. The van der Waals surface area contributed by atoms with Crippen molar-refractivity contribution >= 4 is 0 Å². The fraction of sp³-hybridized carbons (Fsp3) is 0.700. The van der Waals surface area contributed by atoms with Crippen LogP contribution in [0.4, 0.5) is 0 Å². The first kappa shape index (κ1) is 17.3. The lowest BCUT2D eigenvalue weighted by Gasteiger charge is -2.18. The maximum Gasteiger partial charge on any atom is 0.123 e. The van der Waals surface area contributed by atoms with Crippen LogP contribution in [0.25, 0.3) is 0 Å². The monoisotopic (exact) mass is 303 g/mol. The second-order valence-electron chi connectivity index (χ2n) is 7.50. The Bertz CT molecular complexity index is 493. The lowest BCUT2D eigenvalue weighted by atomic mass is 9.89.